The molecule has 2 rings (SSSR count). The number of hydrogen-bond donors (Lipinski definition) is 2. The third-order valence-corrected chi connectivity index (χ3v) is 3.68. The van der Waals surface area contributed by atoms with Crippen LogP contribution in [0.25, 0.3) is 0 Å². The molecule has 1 aliphatic heterocycles. The molecule has 1 heterocycles. The molecule has 0 radical (unpaired) electrons. The zero-order chi connectivity index (χ0) is 12.3. The van der Waals surface area contributed by atoms with Crippen LogP contribution in [-0.2, 0) is 0 Å². The van der Waals surface area contributed by atoms with Crippen LogP contribution in [0.4, 0.5) is 4.39 Å². The Bertz CT molecular complexity index is 419. The van der Waals surface area contributed by atoms with E-state index in [1.165, 1.54) is 12.1 Å². The second-order valence-corrected chi connectivity index (χ2v) is 4.89. The van der Waals surface area contributed by atoms with Gasteiger partial charge in [-0.05, 0) is 54.0 Å². The number of amides is 1. The summed E-state index contributed by atoms with van der Waals surface area (Å²) in [6.07, 6.45) is 1.83. The molecule has 5 heteroatoms. The lowest BCUT2D eigenvalue weighted by Crippen LogP contribution is -2.42. The van der Waals surface area contributed by atoms with Crippen molar-refractivity contribution in [2.24, 2.45) is 0 Å². The molecule has 1 fully saturated rings. The minimum Gasteiger partial charge on any atom is -0.349 e. The Morgan fingerprint density at radius 1 is 1.41 bits per heavy atom. The normalized spacial score (nSPS) is 16.8. The van der Waals surface area contributed by atoms with Gasteiger partial charge in [-0.1, -0.05) is 6.07 Å². The third kappa shape index (κ3) is 3.04. The van der Waals surface area contributed by atoms with Crippen molar-refractivity contribution in [2.75, 3.05) is 13.1 Å². The summed E-state index contributed by atoms with van der Waals surface area (Å²) in [6.45, 7) is 1.82. The minimum atomic E-state index is -0.414. The molecule has 3 nitrogen and oxygen atoms in total. The molecule has 2 N–H and O–H groups in total. The average molecular weight is 301 g/mol. The molecular weight excluding hydrogens is 287 g/mol. The summed E-state index contributed by atoms with van der Waals surface area (Å²) < 4.78 is 13.5. The first-order chi connectivity index (χ1) is 8.18. The molecule has 0 aromatic heterocycles. The van der Waals surface area contributed by atoms with Crippen molar-refractivity contribution >= 4 is 21.8 Å². The number of hydrogen-bond acceptors (Lipinski definition) is 2. The quantitative estimate of drug-likeness (QED) is 0.878. The number of benzene rings is 1. The summed E-state index contributed by atoms with van der Waals surface area (Å²) in [5.41, 5.74) is 0.350. The summed E-state index contributed by atoms with van der Waals surface area (Å²) in [5.74, 6) is -0.633. The topological polar surface area (TPSA) is 41.1 Å². The van der Waals surface area contributed by atoms with Crippen molar-refractivity contribution in [1.82, 2.24) is 10.6 Å². The van der Waals surface area contributed by atoms with Crippen LogP contribution < -0.4 is 10.6 Å². The number of carbonyl (C=O) groups is 1. The molecule has 0 saturated carbocycles. The van der Waals surface area contributed by atoms with E-state index >= 15 is 0 Å². The second kappa shape index (κ2) is 5.60. The van der Waals surface area contributed by atoms with E-state index in [9.17, 15) is 9.18 Å². The highest BCUT2D eigenvalue weighted by Crippen LogP contribution is 2.20. The molecule has 92 valence electrons. The van der Waals surface area contributed by atoms with Gasteiger partial charge in [-0.3, -0.25) is 4.79 Å². The van der Waals surface area contributed by atoms with Crippen LogP contribution >= 0.6 is 15.9 Å². The van der Waals surface area contributed by atoms with E-state index in [0.717, 1.165) is 25.9 Å². The maximum absolute atomic E-state index is 13.3. The van der Waals surface area contributed by atoms with Crippen LogP contribution in [0, 0.1) is 5.82 Å². The van der Waals surface area contributed by atoms with Gasteiger partial charge in [0, 0.05) is 6.04 Å². The number of halogens is 2. The van der Waals surface area contributed by atoms with Crippen LogP contribution in [0.1, 0.15) is 23.2 Å². The average Bonchev–Trinajstić information content (AvgIpc) is 2.34. The first kappa shape index (κ1) is 12.5. The maximum atomic E-state index is 13.3. The molecular formula is C12H14BrFN2O. The van der Waals surface area contributed by atoms with E-state index in [4.69, 9.17) is 0 Å². The van der Waals surface area contributed by atoms with Gasteiger partial charge in [0.25, 0.3) is 5.91 Å². The minimum absolute atomic E-state index is 0.180. The predicted molar refractivity (Wildman–Crippen MR) is 67.5 cm³/mol. The van der Waals surface area contributed by atoms with Gasteiger partial charge >= 0.3 is 0 Å². The molecule has 1 aromatic rings. The lowest BCUT2D eigenvalue weighted by atomic mass is 10.1. The largest absolute Gasteiger partial charge is 0.349 e. The third-order valence-electron chi connectivity index (χ3n) is 2.87. The Kier molecular flexibility index (Phi) is 4.12. The van der Waals surface area contributed by atoms with E-state index in [-0.39, 0.29) is 16.4 Å². The van der Waals surface area contributed by atoms with Gasteiger partial charge in [-0.15, -0.1) is 0 Å². The van der Waals surface area contributed by atoms with Crippen LogP contribution in [0.2, 0.25) is 0 Å². The van der Waals surface area contributed by atoms with Gasteiger partial charge in [0.05, 0.1) is 10.0 Å². The molecule has 1 aromatic carbocycles. The zero-order valence-corrected chi connectivity index (χ0v) is 10.9. The maximum Gasteiger partial charge on any atom is 0.252 e. The summed E-state index contributed by atoms with van der Waals surface area (Å²) in [7, 11) is 0. The lowest BCUT2D eigenvalue weighted by Gasteiger charge is -2.23. The molecule has 1 aliphatic rings. The fraction of sp³-hybridized carbons (Fsp3) is 0.417. The Hall–Kier alpha value is -0.940. The molecule has 0 unspecified atom stereocenters. The van der Waals surface area contributed by atoms with Gasteiger partial charge in [0.15, 0.2) is 0 Å². The molecule has 0 atom stereocenters. The van der Waals surface area contributed by atoms with E-state index in [1.807, 2.05) is 0 Å². The molecule has 1 amide bonds. The monoisotopic (exact) mass is 300 g/mol. The van der Waals surface area contributed by atoms with Crippen LogP contribution in [0.5, 0.6) is 0 Å². The fourth-order valence-corrected chi connectivity index (χ4v) is 2.35. The van der Waals surface area contributed by atoms with Crippen molar-refractivity contribution < 1.29 is 9.18 Å². The highest BCUT2D eigenvalue weighted by atomic mass is 79.9. The Labute approximate surface area is 108 Å². The van der Waals surface area contributed by atoms with Gasteiger partial charge in [0.2, 0.25) is 0 Å². The summed E-state index contributed by atoms with van der Waals surface area (Å²) >= 11 is 3.10. The Balaban J connectivity index is 2.06. The summed E-state index contributed by atoms with van der Waals surface area (Å²) in [5, 5.41) is 6.16. The molecule has 0 spiro atoms. The first-order valence-electron chi connectivity index (χ1n) is 5.64. The van der Waals surface area contributed by atoms with E-state index < -0.39 is 5.82 Å². The van der Waals surface area contributed by atoms with Crippen molar-refractivity contribution in [3.8, 4) is 0 Å². The standard InChI is InChI=1S/C12H14BrFN2O/c13-11-9(2-1-3-10(11)14)12(17)16-8-4-6-15-7-5-8/h1-3,8,15H,4-7H2,(H,16,17). The molecule has 17 heavy (non-hydrogen) atoms. The SMILES string of the molecule is O=C(NC1CCNCC1)c1cccc(F)c1Br. The Morgan fingerprint density at radius 2 is 2.12 bits per heavy atom. The van der Waals surface area contributed by atoms with E-state index in [2.05, 4.69) is 26.6 Å². The first-order valence-corrected chi connectivity index (χ1v) is 6.43. The molecule has 0 aliphatic carbocycles. The number of piperidine rings is 1. The zero-order valence-electron chi connectivity index (χ0n) is 9.30. The highest BCUT2D eigenvalue weighted by Gasteiger charge is 2.18. The van der Waals surface area contributed by atoms with Crippen molar-refractivity contribution in [2.45, 2.75) is 18.9 Å². The Morgan fingerprint density at radius 3 is 2.82 bits per heavy atom. The van der Waals surface area contributed by atoms with Gasteiger partial charge in [0.1, 0.15) is 5.82 Å². The van der Waals surface area contributed by atoms with Crippen LogP contribution in [-0.4, -0.2) is 25.0 Å². The van der Waals surface area contributed by atoms with Crippen molar-refractivity contribution in [3.05, 3.63) is 34.1 Å². The van der Waals surface area contributed by atoms with Crippen molar-refractivity contribution in [3.63, 3.8) is 0 Å². The predicted octanol–water partition coefficient (Wildman–Crippen LogP) is 2.07. The lowest BCUT2D eigenvalue weighted by molar-refractivity contribution is 0.0928. The van der Waals surface area contributed by atoms with Gasteiger partial charge < -0.3 is 10.6 Å². The number of nitrogens with one attached hydrogen (secondary N) is 2. The van der Waals surface area contributed by atoms with Crippen LogP contribution in [0.15, 0.2) is 22.7 Å². The van der Waals surface area contributed by atoms with Gasteiger partial charge in [-0.25, -0.2) is 4.39 Å². The second-order valence-electron chi connectivity index (χ2n) is 4.10. The summed E-state index contributed by atoms with van der Waals surface area (Å²) in [4.78, 5) is 12.0. The smallest absolute Gasteiger partial charge is 0.252 e. The van der Waals surface area contributed by atoms with E-state index in [1.54, 1.807) is 6.07 Å². The van der Waals surface area contributed by atoms with Gasteiger partial charge in [-0.2, -0.15) is 0 Å². The number of rotatable bonds is 2. The van der Waals surface area contributed by atoms with E-state index in [0.29, 0.717) is 5.56 Å². The number of carbonyl (C=O) groups excluding carboxylic acids is 1. The summed E-state index contributed by atoms with van der Waals surface area (Å²) in [6, 6.07) is 4.66. The molecule has 1 saturated heterocycles. The molecule has 0 bridgehead atoms. The van der Waals surface area contributed by atoms with Crippen molar-refractivity contribution in [1.29, 1.82) is 0 Å². The highest BCUT2D eigenvalue weighted by molar-refractivity contribution is 9.10. The fourth-order valence-electron chi connectivity index (χ4n) is 1.91. The van der Waals surface area contributed by atoms with Crippen LogP contribution in [0.3, 0.4) is 0 Å².